The number of carbonyl (C=O) groups is 11. The van der Waals surface area contributed by atoms with Crippen molar-refractivity contribution in [2.75, 3.05) is 50.0 Å². The highest BCUT2D eigenvalue weighted by Crippen LogP contribution is 2.33. The zero-order chi connectivity index (χ0) is 70.2. The van der Waals surface area contributed by atoms with E-state index in [2.05, 4.69) is 63.2 Å². The molecule has 5 heterocycles. The molecule has 0 spiro atoms. The Balaban J connectivity index is 0.782. The van der Waals surface area contributed by atoms with E-state index in [1.165, 1.54) is 45.9 Å². The third-order valence-corrected chi connectivity index (χ3v) is 22.5. The van der Waals surface area contributed by atoms with Gasteiger partial charge in [0, 0.05) is 121 Å². The molecule has 2 aromatic carbocycles. The summed E-state index contributed by atoms with van der Waals surface area (Å²) in [4.78, 5) is 151. The molecule has 0 bridgehead atoms. The van der Waals surface area contributed by atoms with Crippen molar-refractivity contribution in [2.45, 2.75) is 223 Å². The van der Waals surface area contributed by atoms with Crippen molar-refractivity contribution in [3.63, 3.8) is 0 Å². The van der Waals surface area contributed by atoms with Gasteiger partial charge in [-0.15, -0.1) is 0 Å². The summed E-state index contributed by atoms with van der Waals surface area (Å²) in [5.41, 5.74) is 10.9. The molecule has 536 valence electrons. The highest BCUT2D eigenvalue weighted by molar-refractivity contribution is 8.76. The van der Waals surface area contributed by atoms with E-state index in [1.54, 1.807) is 4.90 Å². The molecule has 0 aliphatic carbocycles. The molecule has 1 aromatic heterocycles. The molecule has 4 saturated heterocycles. The van der Waals surface area contributed by atoms with Gasteiger partial charge in [0.2, 0.25) is 47.3 Å². The number of aromatic nitrogens is 1. The van der Waals surface area contributed by atoms with E-state index in [0.717, 1.165) is 68.0 Å². The second kappa shape index (κ2) is 41.8. The number of benzene rings is 2. The monoisotopic (exact) mass is 1410 g/mol. The van der Waals surface area contributed by atoms with E-state index < -0.39 is 53.8 Å². The number of azide groups is 1. The number of nitrogens with zero attached hydrogens (tertiary/aromatic N) is 5. The second-order valence-electron chi connectivity index (χ2n) is 25.8. The third kappa shape index (κ3) is 25.0. The van der Waals surface area contributed by atoms with E-state index in [1.807, 2.05) is 67.6 Å². The summed E-state index contributed by atoms with van der Waals surface area (Å²) in [6.07, 6.45) is 15.4. The minimum absolute atomic E-state index is 0.00286. The summed E-state index contributed by atoms with van der Waals surface area (Å²) in [6.45, 7) is 7.77. The number of unbranched alkanes of at least 4 members (excludes halogenated alkanes) is 7. The first-order chi connectivity index (χ1) is 47.5. The van der Waals surface area contributed by atoms with Crippen LogP contribution < -0.4 is 53.2 Å². The van der Waals surface area contributed by atoms with Gasteiger partial charge in [-0.3, -0.25) is 47.9 Å². The van der Waals surface area contributed by atoms with Crippen LogP contribution in [0.15, 0.2) is 59.8 Å². The van der Waals surface area contributed by atoms with E-state index in [9.17, 15) is 52.7 Å². The van der Waals surface area contributed by atoms with Crippen LogP contribution in [0.3, 0.4) is 0 Å². The van der Waals surface area contributed by atoms with Crippen LogP contribution >= 0.6 is 33.3 Å². The van der Waals surface area contributed by atoms with Gasteiger partial charge in [0.05, 0.1) is 12.1 Å². The SMILES string of the molecule is CCC(=O)CCCCC[C@@H]1NC(=O)[C@H]2CCCCN2C(=O)[C@H]([C@H](C)CC)NC(=O)[C@H](Cc2cn(CC(=O)NCCCCCCNC(=O)CCSSCCNC(=O)C(CCCCNC(=O)CCCCC3SCC4NC(=O)NC43)NC(=O)c3ccc(N=[N+]=[N-])cc3)c3ccccc23)NC1=O. The molecule has 10 N–H and O–H groups in total. The molecule has 4 fully saturated rings. The standard InChI is InChI=1S/C69H101N15O11S3/c1-4-45(3)61-68(94)84-38-20-16-26-56(84)67(93)76-52(23-10-8-9-21-49(85)5-2)65(91)77-53(66(92)79-61)41-47-42-83(55-25-12-11-22-50(47)55)43-60(88)73-35-18-7-6-17-34-72-59(87)33-39-97-98-40-37-74-64(90)51(75-63(89)46-29-31-48(32-30-46)81-82-70)24-15-19-36-71-58(86)28-14-13-27-57-62-54(44-96-57)78-69(95)80-62/h11-12,22,25,29-32,42,45,51-54,56-57,61-62H,4-10,13-21,23-24,26-28,33-41,43-44H2,1-3H3,(H,71,86)(H,72,87)(H,73,88)(H,74,90)(H,75,89)(H,76,93)(H,77,91)(H,79,92)(H2,78,80,95)/t45-,51?,52+,53+,54?,56-,57?,61+,62?/m1/s1. The first kappa shape index (κ1) is 77.9. The Morgan fingerprint density at radius 3 is 2.11 bits per heavy atom. The van der Waals surface area contributed by atoms with Gasteiger partial charge in [0.15, 0.2) is 0 Å². The molecule has 0 radical (unpaired) electrons. The predicted molar refractivity (Wildman–Crippen MR) is 383 cm³/mol. The number of urea groups is 1. The van der Waals surface area contributed by atoms with E-state index in [4.69, 9.17) is 5.53 Å². The van der Waals surface area contributed by atoms with E-state index >= 15 is 0 Å². The number of nitrogens with one attached hydrogen (secondary N) is 10. The van der Waals surface area contributed by atoms with Crippen LogP contribution in [0.4, 0.5) is 10.5 Å². The molecule has 4 aliphatic heterocycles. The fourth-order valence-electron chi connectivity index (χ4n) is 12.7. The number of rotatable bonds is 41. The number of fused-ring (bicyclic) bond motifs is 3. The molecular formula is C69H101N15O11S3. The Bertz CT molecular complexity index is 3240. The topological polar surface area (TPSA) is 365 Å². The number of carbonyl (C=O) groups excluding carboxylic acids is 11. The Hall–Kier alpha value is -7.49. The van der Waals surface area contributed by atoms with Crippen LogP contribution in [0.2, 0.25) is 0 Å². The number of thioether (sulfide) groups is 1. The number of ketones is 1. The maximum absolute atomic E-state index is 14.6. The normalized spacial score (nSPS) is 20.7. The Kier molecular flexibility index (Phi) is 33.2. The van der Waals surface area contributed by atoms with Gasteiger partial charge in [-0.25, -0.2) is 4.79 Å². The number of hydrogen-bond donors (Lipinski definition) is 10. The second-order valence-corrected chi connectivity index (χ2v) is 29.8. The number of Topliss-reactive ketones (excluding diaryl/α,β-unsaturated/α-hetero) is 1. The van der Waals surface area contributed by atoms with Crippen LogP contribution in [-0.4, -0.2) is 172 Å². The minimum atomic E-state index is -1.14. The van der Waals surface area contributed by atoms with Crippen molar-refractivity contribution < 1.29 is 52.7 Å². The zero-order valence-electron chi connectivity index (χ0n) is 57.0. The van der Waals surface area contributed by atoms with Gasteiger partial charge >= 0.3 is 6.03 Å². The van der Waals surface area contributed by atoms with Crippen molar-refractivity contribution >= 4 is 115 Å². The minimum Gasteiger partial charge on any atom is -0.356 e. The lowest BCUT2D eigenvalue weighted by Gasteiger charge is -2.39. The number of hydrogen-bond acceptors (Lipinski definition) is 15. The molecule has 4 unspecified atom stereocenters. The molecule has 7 rings (SSSR count). The first-order valence-corrected chi connectivity index (χ1v) is 38.8. The maximum Gasteiger partial charge on any atom is 0.315 e. The van der Waals surface area contributed by atoms with Crippen molar-refractivity contribution in [1.29, 1.82) is 0 Å². The fourth-order valence-corrected chi connectivity index (χ4v) is 16.2. The molecule has 11 amide bonds. The number of piperidine rings is 1. The first-order valence-electron chi connectivity index (χ1n) is 35.2. The molecule has 0 saturated carbocycles. The average Bonchev–Trinajstić information content (AvgIpc) is 1.53. The fraction of sp³-hybridized carbons (Fsp3) is 0.638. The summed E-state index contributed by atoms with van der Waals surface area (Å²) in [7, 11) is 3.06. The molecule has 29 heteroatoms. The van der Waals surface area contributed by atoms with Gasteiger partial charge in [-0.2, -0.15) is 11.8 Å². The summed E-state index contributed by atoms with van der Waals surface area (Å²) in [6, 6.07) is 9.15. The highest BCUT2D eigenvalue weighted by Gasteiger charge is 2.43. The Morgan fingerprint density at radius 1 is 0.694 bits per heavy atom. The third-order valence-electron chi connectivity index (χ3n) is 18.5. The largest absolute Gasteiger partial charge is 0.356 e. The van der Waals surface area contributed by atoms with Crippen LogP contribution in [-0.2, 0) is 56.1 Å². The van der Waals surface area contributed by atoms with Crippen molar-refractivity contribution in [3.8, 4) is 0 Å². The summed E-state index contributed by atoms with van der Waals surface area (Å²) in [5, 5.41) is 34.3. The van der Waals surface area contributed by atoms with Crippen LogP contribution in [0.5, 0.6) is 0 Å². The summed E-state index contributed by atoms with van der Waals surface area (Å²) in [5.74, 6) is -0.921. The number of para-hydroxylation sites is 1. The van der Waals surface area contributed by atoms with Gasteiger partial charge in [0.25, 0.3) is 5.91 Å². The average molecular weight is 1410 g/mol. The molecular weight excluding hydrogens is 1310 g/mol. The van der Waals surface area contributed by atoms with E-state index in [0.29, 0.717) is 150 Å². The smallest absolute Gasteiger partial charge is 0.315 e. The molecule has 3 aromatic rings. The molecule has 4 aliphatic rings. The highest BCUT2D eigenvalue weighted by atomic mass is 33.1. The quantitative estimate of drug-likeness (QED) is 0.00659. The van der Waals surface area contributed by atoms with Gasteiger partial charge in [0.1, 0.15) is 42.5 Å². The summed E-state index contributed by atoms with van der Waals surface area (Å²) >= 11 is 1.86. The van der Waals surface area contributed by atoms with Gasteiger partial charge in [-0.1, -0.05) is 116 Å². The number of amides is 11. The molecule has 26 nitrogen and oxygen atoms in total. The summed E-state index contributed by atoms with van der Waals surface area (Å²) < 4.78 is 1.83. The lowest BCUT2D eigenvalue weighted by molar-refractivity contribution is -0.147. The van der Waals surface area contributed by atoms with Crippen LogP contribution in [0.25, 0.3) is 21.3 Å². The van der Waals surface area contributed by atoms with Crippen molar-refractivity contribution in [2.24, 2.45) is 11.0 Å². The van der Waals surface area contributed by atoms with Crippen LogP contribution in [0, 0.1) is 5.92 Å². The van der Waals surface area contributed by atoms with Crippen molar-refractivity contribution in [3.05, 3.63) is 76.3 Å². The zero-order valence-corrected chi connectivity index (χ0v) is 59.4. The van der Waals surface area contributed by atoms with Gasteiger partial charge < -0.3 is 62.6 Å². The maximum atomic E-state index is 14.6. The van der Waals surface area contributed by atoms with E-state index in [-0.39, 0.29) is 78.7 Å². The van der Waals surface area contributed by atoms with Gasteiger partial charge in [-0.05, 0) is 112 Å². The predicted octanol–water partition coefficient (Wildman–Crippen LogP) is 7.44. The Morgan fingerprint density at radius 2 is 1.37 bits per heavy atom. The lowest BCUT2D eigenvalue weighted by Crippen LogP contribution is -2.64. The van der Waals surface area contributed by atoms with Crippen molar-refractivity contribution in [1.82, 2.24) is 62.6 Å². The van der Waals surface area contributed by atoms with Crippen LogP contribution in [0.1, 0.15) is 178 Å². The molecule has 98 heavy (non-hydrogen) atoms. The molecule has 9 atom stereocenters. The lowest BCUT2D eigenvalue weighted by atomic mass is 9.93. The Labute approximate surface area is 587 Å².